The third kappa shape index (κ3) is 3.29. The molecule has 0 aliphatic carbocycles. The molecule has 0 unspecified atom stereocenters. The smallest absolute Gasteiger partial charge is 0.143 e. The van der Waals surface area contributed by atoms with Crippen LogP contribution < -0.4 is 15.8 Å². The van der Waals surface area contributed by atoms with Gasteiger partial charge in [-0.1, -0.05) is 17.7 Å². The molecule has 19 heavy (non-hydrogen) atoms. The number of hydrogen-bond donors (Lipinski definition) is 2. The molecule has 5 heteroatoms. The van der Waals surface area contributed by atoms with Gasteiger partial charge in [-0.3, -0.25) is 0 Å². The second-order valence-corrected chi connectivity index (χ2v) is 4.47. The Bertz CT molecular complexity index is 590. The van der Waals surface area contributed by atoms with Gasteiger partial charge in [0.15, 0.2) is 0 Å². The van der Waals surface area contributed by atoms with Crippen molar-refractivity contribution in [3.8, 4) is 5.75 Å². The number of methoxy groups -OCH3 is 1. The Morgan fingerprint density at radius 3 is 2.74 bits per heavy atom. The van der Waals surface area contributed by atoms with E-state index in [2.05, 4.69) is 5.32 Å². The Kier molecular flexibility index (Phi) is 4.12. The predicted octanol–water partition coefficient (Wildman–Crippen LogP) is 3.68. The minimum Gasteiger partial charge on any atom is -0.495 e. The van der Waals surface area contributed by atoms with E-state index in [9.17, 15) is 4.39 Å². The number of rotatable bonds is 4. The second-order valence-electron chi connectivity index (χ2n) is 4.06. The van der Waals surface area contributed by atoms with Crippen LogP contribution in [0.4, 0.5) is 15.8 Å². The maximum Gasteiger partial charge on any atom is 0.143 e. The van der Waals surface area contributed by atoms with E-state index in [-0.39, 0.29) is 5.02 Å². The molecule has 0 fully saturated rings. The van der Waals surface area contributed by atoms with E-state index in [4.69, 9.17) is 22.1 Å². The van der Waals surface area contributed by atoms with Gasteiger partial charge in [0, 0.05) is 18.3 Å². The highest BCUT2D eigenvalue weighted by Crippen LogP contribution is 2.25. The average molecular weight is 281 g/mol. The van der Waals surface area contributed by atoms with Gasteiger partial charge in [-0.2, -0.15) is 0 Å². The van der Waals surface area contributed by atoms with Crippen LogP contribution in [0.5, 0.6) is 5.75 Å². The number of benzene rings is 2. The predicted molar refractivity (Wildman–Crippen MR) is 76.1 cm³/mol. The lowest BCUT2D eigenvalue weighted by Gasteiger charge is -2.10. The Labute approximate surface area is 116 Å². The molecule has 2 rings (SSSR count). The number of nitrogen functional groups attached to an aromatic ring is 1. The first-order chi connectivity index (χ1) is 9.10. The summed E-state index contributed by atoms with van der Waals surface area (Å²) in [7, 11) is 1.56. The van der Waals surface area contributed by atoms with Gasteiger partial charge in [0.1, 0.15) is 11.6 Å². The summed E-state index contributed by atoms with van der Waals surface area (Å²) in [4.78, 5) is 0. The molecule has 3 nitrogen and oxygen atoms in total. The number of anilines is 2. The number of nitrogens with one attached hydrogen (secondary N) is 1. The standard InChI is InChI=1S/C14H14ClFN2O/c1-19-14-7-10(3-5-13(14)17)18-8-9-2-4-12(16)11(15)6-9/h2-7,18H,8,17H2,1H3. The Morgan fingerprint density at radius 1 is 1.26 bits per heavy atom. The van der Waals surface area contributed by atoms with Crippen LogP contribution in [0.1, 0.15) is 5.56 Å². The van der Waals surface area contributed by atoms with Crippen LogP contribution in [0.25, 0.3) is 0 Å². The molecule has 0 radical (unpaired) electrons. The summed E-state index contributed by atoms with van der Waals surface area (Å²) in [6, 6.07) is 10.0. The van der Waals surface area contributed by atoms with Gasteiger partial charge in [-0.25, -0.2) is 4.39 Å². The molecule has 2 aromatic carbocycles. The van der Waals surface area contributed by atoms with Gasteiger partial charge >= 0.3 is 0 Å². The summed E-state index contributed by atoms with van der Waals surface area (Å²) in [5.74, 6) is 0.196. The molecule has 0 bridgehead atoms. The lowest BCUT2D eigenvalue weighted by Crippen LogP contribution is -2.01. The molecule has 0 saturated heterocycles. The highest BCUT2D eigenvalue weighted by atomic mass is 35.5. The fourth-order valence-electron chi connectivity index (χ4n) is 1.67. The zero-order valence-corrected chi connectivity index (χ0v) is 11.2. The summed E-state index contributed by atoms with van der Waals surface area (Å²) in [5.41, 5.74) is 8.07. The molecule has 0 saturated carbocycles. The monoisotopic (exact) mass is 280 g/mol. The summed E-state index contributed by atoms with van der Waals surface area (Å²) < 4.78 is 18.2. The zero-order chi connectivity index (χ0) is 13.8. The van der Waals surface area contributed by atoms with E-state index < -0.39 is 5.82 Å². The largest absolute Gasteiger partial charge is 0.495 e. The van der Waals surface area contributed by atoms with E-state index >= 15 is 0 Å². The molecule has 0 heterocycles. The van der Waals surface area contributed by atoms with Crippen molar-refractivity contribution in [3.05, 3.63) is 52.8 Å². The maximum atomic E-state index is 13.0. The van der Waals surface area contributed by atoms with Crippen LogP contribution in [0.2, 0.25) is 5.02 Å². The van der Waals surface area contributed by atoms with Crippen LogP contribution in [0.15, 0.2) is 36.4 Å². The molecule has 100 valence electrons. The Balaban J connectivity index is 2.07. The SMILES string of the molecule is COc1cc(NCc2ccc(F)c(Cl)c2)ccc1N. The summed E-state index contributed by atoms with van der Waals surface area (Å²) in [6.07, 6.45) is 0. The molecule has 0 aliphatic rings. The first-order valence-corrected chi connectivity index (χ1v) is 6.09. The van der Waals surface area contributed by atoms with E-state index in [1.54, 1.807) is 31.4 Å². The molecule has 0 aromatic heterocycles. The van der Waals surface area contributed by atoms with Crippen molar-refractivity contribution in [3.63, 3.8) is 0 Å². The highest BCUT2D eigenvalue weighted by molar-refractivity contribution is 6.30. The minimum absolute atomic E-state index is 0.120. The Hall–Kier alpha value is -1.94. The van der Waals surface area contributed by atoms with E-state index in [0.29, 0.717) is 18.0 Å². The first-order valence-electron chi connectivity index (χ1n) is 5.71. The highest BCUT2D eigenvalue weighted by Gasteiger charge is 2.03. The molecular formula is C14H14ClFN2O. The van der Waals surface area contributed by atoms with E-state index in [1.165, 1.54) is 6.07 Å². The average Bonchev–Trinajstić information content (AvgIpc) is 2.41. The third-order valence-corrected chi connectivity index (χ3v) is 3.00. The van der Waals surface area contributed by atoms with Gasteiger partial charge in [0.05, 0.1) is 17.8 Å². The van der Waals surface area contributed by atoms with Crippen LogP contribution in [0, 0.1) is 5.82 Å². The molecule has 0 spiro atoms. The van der Waals surface area contributed by atoms with Gasteiger partial charge in [0.25, 0.3) is 0 Å². The lowest BCUT2D eigenvalue weighted by atomic mass is 10.2. The first kappa shape index (κ1) is 13.5. The number of halogens is 2. The summed E-state index contributed by atoms with van der Waals surface area (Å²) in [6.45, 7) is 0.535. The lowest BCUT2D eigenvalue weighted by molar-refractivity contribution is 0.417. The van der Waals surface area contributed by atoms with Crippen molar-refractivity contribution in [2.75, 3.05) is 18.2 Å². The van der Waals surface area contributed by atoms with Crippen molar-refractivity contribution in [2.45, 2.75) is 6.54 Å². The van der Waals surface area contributed by atoms with Crippen molar-refractivity contribution < 1.29 is 9.13 Å². The topological polar surface area (TPSA) is 47.3 Å². The normalized spacial score (nSPS) is 10.3. The Morgan fingerprint density at radius 2 is 2.05 bits per heavy atom. The van der Waals surface area contributed by atoms with Crippen molar-refractivity contribution in [1.29, 1.82) is 0 Å². The molecule has 2 aromatic rings. The van der Waals surface area contributed by atoms with Crippen molar-refractivity contribution in [1.82, 2.24) is 0 Å². The van der Waals surface area contributed by atoms with E-state index in [0.717, 1.165) is 11.3 Å². The summed E-state index contributed by atoms with van der Waals surface area (Å²) in [5, 5.41) is 3.31. The van der Waals surface area contributed by atoms with Crippen LogP contribution >= 0.6 is 11.6 Å². The van der Waals surface area contributed by atoms with Crippen LogP contribution in [-0.2, 0) is 6.54 Å². The zero-order valence-electron chi connectivity index (χ0n) is 10.4. The fraction of sp³-hybridized carbons (Fsp3) is 0.143. The van der Waals surface area contributed by atoms with Crippen molar-refractivity contribution >= 4 is 23.0 Å². The van der Waals surface area contributed by atoms with E-state index in [1.807, 2.05) is 6.07 Å². The number of nitrogens with two attached hydrogens (primary N) is 1. The van der Waals surface area contributed by atoms with Crippen molar-refractivity contribution in [2.24, 2.45) is 0 Å². The van der Waals surface area contributed by atoms with Crippen LogP contribution in [-0.4, -0.2) is 7.11 Å². The molecule has 0 amide bonds. The third-order valence-electron chi connectivity index (χ3n) is 2.71. The van der Waals surface area contributed by atoms with Gasteiger partial charge in [-0.15, -0.1) is 0 Å². The summed E-state index contributed by atoms with van der Waals surface area (Å²) >= 11 is 5.72. The quantitative estimate of drug-likeness (QED) is 0.840. The van der Waals surface area contributed by atoms with Crippen LogP contribution in [0.3, 0.4) is 0 Å². The molecular weight excluding hydrogens is 267 g/mol. The second kappa shape index (κ2) is 5.80. The van der Waals surface area contributed by atoms with Gasteiger partial charge in [-0.05, 0) is 29.8 Å². The number of ether oxygens (including phenoxy) is 1. The maximum absolute atomic E-state index is 13.0. The molecule has 0 aliphatic heterocycles. The van der Waals surface area contributed by atoms with Gasteiger partial charge < -0.3 is 15.8 Å². The fourth-order valence-corrected chi connectivity index (χ4v) is 1.88. The molecule has 3 N–H and O–H groups in total. The number of hydrogen-bond acceptors (Lipinski definition) is 3. The molecule has 0 atom stereocenters. The van der Waals surface area contributed by atoms with Gasteiger partial charge in [0.2, 0.25) is 0 Å². The minimum atomic E-state index is -0.417.